The van der Waals surface area contributed by atoms with Gasteiger partial charge in [0.2, 0.25) is 5.13 Å². The number of nitrogens with one attached hydrogen (secondary N) is 2. The van der Waals surface area contributed by atoms with Crippen LogP contribution in [0.4, 0.5) is 10.8 Å². The summed E-state index contributed by atoms with van der Waals surface area (Å²) in [5.41, 5.74) is 2.13. The van der Waals surface area contributed by atoms with Crippen molar-refractivity contribution >= 4 is 28.1 Å². The molecule has 1 aliphatic rings. The molecule has 0 spiro atoms. The highest BCUT2D eigenvalue weighted by atomic mass is 32.1. The number of benzene rings is 2. The zero-order valence-electron chi connectivity index (χ0n) is 17.0. The molecule has 1 aliphatic heterocycles. The predicted molar refractivity (Wildman–Crippen MR) is 119 cm³/mol. The molecule has 0 bridgehead atoms. The van der Waals surface area contributed by atoms with Gasteiger partial charge in [-0.1, -0.05) is 53.8 Å². The van der Waals surface area contributed by atoms with Crippen molar-refractivity contribution in [1.29, 1.82) is 0 Å². The lowest BCUT2D eigenvalue weighted by Gasteiger charge is -2.34. The maximum Gasteiger partial charge on any atom is 0.281 e. The lowest BCUT2D eigenvalue weighted by molar-refractivity contribution is -0.892. The number of carbonyl (C=O) groups is 1. The van der Waals surface area contributed by atoms with Gasteiger partial charge in [-0.15, -0.1) is 10.2 Å². The van der Waals surface area contributed by atoms with Gasteiger partial charge in [0.15, 0.2) is 6.54 Å². The summed E-state index contributed by atoms with van der Waals surface area (Å²) in [4.78, 5) is 16.1. The number of nitrogens with zero attached hydrogens (tertiary/aromatic N) is 3. The average molecular weight is 425 g/mol. The minimum atomic E-state index is -0.0241. The monoisotopic (exact) mass is 424 g/mol. The minimum absolute atomic E-state index is 0.0241. The number of piperazine rings is 1. The molecule has 0 saturated carbocycles. The maximum atomic E-state index is 12.5. The Hall–Kier alpha value is -2.97. The van der Waals surface area contributed by atoms with E-state index >= 15 is 0 Å². The van der Waals surface area contributed by atoms with E-state index in [4.69, 9.17) is 4.74 Å². The fourth-order valence-electron chi connectivity index (χ4n) is 3.60. The second-order valence-electron chi connectivity index (χ2n) is 7.14. The molecule has 156 valence electrons. The Balaban J connectivity index is 1.28. The van der Waals surface area contributed by atoms with Crippen LogP contribution >= 0.6 is 11.3 Å². The molecule has 8 heteroatoms. The summed E-state index contributed by atoms with van der Waals surface area (Å²) in [5.74, 6) is 0.899. The third-order valence-corrected chi connectivity index (χ3v) is 5.97. The summed E-state index contributed by atoms with van der Waals surface area (Å²) >= 11 is 1.39. The number of hydrogen-bond acceptors (Lipinski definition) is 6. The second kappa shape index (κ2) is 9.69. The van der Waals surface area contributed by atoms with Crippen molar-refractivity contribution in [2.24, 2.45) is 0 Å². The molecule has 7 nitrogen and oxygen atoms in total. The summed E-state index contributed by atoms with van der Waals surface area (Å²) < 4.78 is 5.76. The van der Waals surface area contributed by atoms with Crippen LogP contribution in [0.5, 0.6) is 5.75 Å². The molecule has 1 amide bonds. The highest BCUT2D eigenvalue weighted by molar-refractivity contribution is 7.18. The summed E-state index contributed by atoms with van der Waals surface area (Å²) in [6.45, 7) is 6.67. The number of hydrogen-bond donors (Lipinski definition) is 2. The van der Waals surface area contributed by atoms with Gasteiger partial charge in [-0.2, -0.15) is 0 Å². The van der Waals surface area contributed by atoms with Crippen LogP contribution in [-0.4, -0.2) is 55.4 Å². The molecule has 1 saturated heterocycles. The lowest BCUT2D eigenvalue weighted by atomic mass is 10.2. The molecule has 4 rings (SSSR count). The molecular weight excluding hydrogens is 398 g/mol. The average Bonchev–Trinajstić information content (AvgIpc) is 3.24. The van der Waals surface area contributed by atoms with Crippen LogP contribution in [0.3, 0.4) is 0 Å². The highest BCUT2D eigenvalue weighted by Gasteiger charge is 2.24. The van der Waals surface area contributed by atoms with Gasteiger partial charge in [-0.25, -0.2) is 0 Å². The highest BCUT2D eigenvalue weighted by Crippen LogP contribution is 2.28. The zero-order chi connectivity index (χ0) is 20.8. The number of rotatable bonds is 7. The maximum absolute atomic E-state index is 12.5. The number of quaternary nitrogens is 1. The van der Waals surface area contributed by atoms with Gasteiger partial charge in [-0.3, -0.25) is 10.1 Å². The van der Waals surface area contributed by atoms with E-state index < -0.39 is 0 Å². The fraction of sp³-hybridized carbons (Fsp3) is 0.318. The van der Waals surface area contributed by atoms with E-state index in [1.54, 1.807) is 0 Å². The molecule has 0 aliphatic carbocycles. The summed E-state index contributed by atoms with van der Waals surface area (Å²) in [6.07, 6.45) is 0. The Kier molecular flexibility index (Phi) is 6.56. The van der Waals surface area contributed by atoms with Gasteiger partial charge in [0, 0.05) is 5.56 Å². The first-order valence-corrected chi connectivity index (χ1v) is 11.0. The van der Waals surface area contributed by atoms with E-state index in [1.165, 1.54) is 16.2 Å². The Bertz CT molecular complexity index is 970. The topological polar surface area (TPSA) is 71.8 Å². The van der Waals surface area contributed by atoms with Crippen molar-refractivity contribution in [3.8, 4) is 16.3 Å². The first kappa shape index (κ1) is 20.3. The van der Waals surface area contributed by atoms with E-state index in [1.807, 2.05) is 55.5 Å². The van der Waals surface area contributed by atoms with Crippen LogP contribution < -0.4 is 19.9 Å². The van der Waals surface area contributed by atoms with Gasteiger partial charge in [0.25, 0.3) is 5.91 Å². The second-order valence-corrected chi connectivity index (χ2v) is 8.12. The van der Waals surface area contributed by atoms with Crippen LogP contribution in [0, 0.1) is 0 Å². The Morgan fingerprint density at radius 2 is 1.83 bits per heavy atom. The third-order valence-electron chi connectivity index (χ3n) is 5.08. The van der Waals surface area contributed by atoms with Gasteiger partial charge in [0.1, 0.15) is 10.8 Å². The molecule has 0 atom stereocenters. The standard InChI is InChI=1S/C22H25N5O2S/c1-2-29-19-11-7-6-10-18(19)27-14-12-26(13-15-27)16-20(28)23-22-25-24-21(30-22)17-8-4-3-5-9-17/h3-11H,2,12-16H2,1H3,(H,23,25,28)/p+1. The van der Waals surface area contributed by atoms with Crippen molar-refractivity contribution in [1.82, 2.24) is 10.2 Å². The van der Waals surface area contributed by atoms with Crippen LogP contribution in [0.1, 0.15) is 6.92 Å². The Morgan fingerprint density at radius 3 is 2.60 bits per heavy atom. The van der Waals surface area contributed by atoms with Gasteiger partial charge in [0.05, 0.1) is 38.5 Å². The first-order valence-electron chi connectivity index (χ1n) is 10.2. The molecule has 2 heterocycles. The van der Waals surface area contributed by atoms with Crippen molar-refractivity contribution in [2.45, 2.75) is 6.92 Å². The van der Waals surface area contributed by atoms with Crippen molar-refractivity contribution in [3.63, 3.8) is 0 Å². The van der Waals surface area contributed by atoms with Crippen LogP contribution in [0.25, 0.3) is 10.6 Å². The van der Waals surface area contributed by atoms with Gasteiger partial charge < -0.3 is 14.5 Å². The van der Waals surface area contributed by atoms with Crippen molar-refractivity contribution in [2.75, 3.05) is 49.5 Å². The predicted octanol–water partition coefficient (Wildman–Crippen LogP) is 1.95. The third kappa shape index (κ3) is 4.95. The molecule has 2 N–H and O–H groups in total. The molecule has 3 aromatic rings. The summed E-state index contributed by atoms with van der Waals surface area (Å²) in [7, 11) is 0. The number of anilines is 2. The Labute approximate surface area is 180 Å². The summed E-state index contributed by atoms with van der Waals surface area (Å²) in [6, 6.07) is 18.0. The molecule has 0 radical (unpaired) electrons. The SMILES string of the molecule is CCOc1ccccc1N1CC[NH+](CC(=O)Nc2nnc(-c3ccccc3)s2)CC1. The largest absolute Gasteiger partial charge is 0.492 e. The fourth-order valence-corrected chi connectivity index (χ4v) is 4.36. The van der Waals surface area contributed by atoms with E-state index in [0.29, 0.717) is 18.3 Å². The normalized spacial score (nSPS) is 14.5. The number of para-hydroxylation sites is 2. The van der Waals surface area contributed by atoms with Crippen LogP contribution in [0.2, 0.25) is 0 Å². The van der Waals surface area contributed by atoms with Crippen molar-refractivity contribution in [3.05, 3.63) is 54.6 Å². The summed E-state index contributed by atoms with van der Waals surface area (Å²) in [5, 5.41) is 12.5. The number of ether oxygens (including phenoxy) is 1. The van der Waals surface area contributed by atoms with Gasteiger partial charge in [-0.05, 0) is 19.1 Å². The molecule has 2 aromatic carbocycles. The van der Waals surface area contributed by atoms with Crippen LogP contribution in [0.15, 0.2) is 54.6 Å². The lowest BCUT2D eigenvalue weighted by Crippen LogP contribution is -3.15. The minimum Gasteiger partial charge on any atom is -0.492 e. The van der Waals surface area contributed by atoms with E-state index in [9.17, 15) is 4.79 Å². The molecule has 0 unspecified atom stereocenters. The molecule has 1 aromatic heterocycles. The molecule has 30 heavy (non-hydrogen) atoms. The van der Waals surface area contributed by atoms with E-state index in [0.717, 1.165) is 48.2 Å². The molecular formula is C22H26N5O2S+. The molecule has 1 fully saturated rings. The van der Waals surface area contributed by atoms with Crippen molar-refractivity contribution < 1.29 is 14.4 Å². The number of carbonyl (C=O) groups excluding carboxylic acids is 1. The zero-order valence-corrected chi connectivity index (χ0v) is 17.8. The first-order chi connectivity index (χ1) is 14.7. The number of aromatic nitrogens is 2. The van der Waals surface area contributed by atoms with Crippen LogP contribution in [-0.2, 0) is 4.79 Å². The Morgan fingerprint density at radius 1 is 1.10 bits per heavy atom. The van der Waals surface area contributed by atoms with Gasteiger partial charge >= 0.3 is 0 Å². The van der Waals surface area contributed by atoms with E-state index in [2.05, 4.69) is 26.5 Å². The van der Waals surface area contributed by atoms with E-state index in [-0.39, 0.29) is 5.91 Å². The quantitative estimate of drug-likeness (QED) is 0.607. The number of amides is 1. The smallest absolute Gasteiger partial charge is 0.281 e.